The van der Waals surface area contributed by atoms with Crippen molar-refractivity contribution in [1.82, 2.24) is 0 Å². The minimum Gasteiger partial charge on any atom is -0.481 e. The molecule has 0 aromatic heterocycles. The van der Waals surface area contributed by atoms with E-state index in [9.17, 15) is 23.1 Å². The van der Waals surface area contributed by atoms with Crippen molar-refractivity contribution in [1.29, 1.82) is 0 Å². The maximum absolute atomic E-state index is 14.0. The van der Waals surface area contributed by atoms with E-state index in [-0.39, 0.29) is 18.4 Å². The van der Waals surface area contributed by atoms with E-state index < -0.39 is 36.0 Å². The number of carboxylic acid groups (broad SMARTS) is 1. The van der Waals surface area contributed by atoms with Gasteiger partial charge in [-0.1, -0.05) is 12.1 Å². The van der Waals surface area contributed by atoms with Gasteiger partial charge in [0.25, 0.3) is 0 Å². The fraction of sp³-hybridized carbons (Fsp3) is 0.500. The predicted octanol–water partition coefficient (Wildman–Crippen LogP) is 3.67. The van der Waals surface area contributed by atoms with Crippen LogP contribution in [0.3, 0.4) is 0 Å². The second-order valence-electron chi connectivity index (χ2n) is 5.23. The first-order chi connectivity index (χ1) is 8.77. The van der Waals surface area contributed by atoms with Crippen molar-refractivity contribution in [3.05, 3.63) is 35.1 Å². The van der Waals surface area contributed by atoms with Crippen molar-refractivity contribution in [2.45, 2.75) is 43.9 Å². The minimum absolute atomic E-state index is 0.0149. The van der Waals surface area contributed by atoms with Crippen molar-refractivity contribution >= 4 is 5.97 Å². The lowest BCUT2D eigenvalue weighted by Crippen LogP contribution is -2.43. The van der Waals surface area contributed by atoms with Crippen LogP contribution < -0.4 is 0 Å². The highest BCUT2D eigenvalue weighted by Crippen LogP contribution is 2.46. The third kappa shape index (κ3) is 2.46. The van der Waals surface area contributed by atoms with Crippen LogP contribution in [0.15, 0.2) is 18.2 Å². The standard InChI is InChI=1S/C14H15F3O2/c1-9-2-3-10(11(15)8-9)13(12(18)19)4-6-14(16,17)7-5-13/h2-3,8H,4-7H2,1H3,(H,18,19). The van der Waals surface area contributed by atoms with E-state index in [4.69, 9.17) is 0 Å². The number of carbonyl (C=O) groups is 1. The predicted molar refractivity (Wildman–Crippen MR) is 63.9 cm³/mol. The van der Waals surface area contributed by atoms with Gasteiger partial charge in [-0.15, -0.1) is 0 Å². The molecule has 0 unspecified atom stereocenters. The number of alkyl halides is 2. The number of hydrogen-bond acceptors (Lipinski definition) is 1. The molecule has 0 amide bonds. The molecule has 0 atom stereocenters. The lowest BCUT2D eigenvalue weighted by atomic mass is 9.68. The summed E-state index contributed by atoms with van der Waals surface area (Å²) in [4.78, 5) is 11.5. The van der Waals surface area contributed by atoms with Crippen molar-refractivity contribution in [3.63, 3.8) is 0 Å². The highest BCUT2D eigenvalue weighted by molar-refractivity contribution is 5.81. The Morgan fingerprint density at radius 2 is 1.79 bits per heavy atom. The summed E-state index contributed by atoms with van der Waals surface area (Å²) in [5, 5.41) is 9.39. The van der Waals surface area contributed by atoms with Gasteiger partial charge in [-0.25, -0.2) is 13.2 Å². The van der Waals surface area contributed by atoms with E-state index >= 15 is 0 Å². The molecule has 0 radical (unpaired) electrons. The van der Waals surface area contributed by atoms with Crippen molar-refractivity contribution in [2.75, 3.05) is 0 Å². The van der Waals surface area contributed by atoms with Gasteiger partial charge in [0.15, 0.2) is 0 Å². The summed E-state index contributed by atoms with van der Waals surface area (Å²) >= 11 is 0. The first kappa shape index (κ1) is 13.9. The van der Waals surface area contributed by atoms with Gasteiger partial charge in [-0.2, -0.15) is 0 Å². The van der Waals surface area contributed by atoms with Crippen molar-refractivity contribution in [3.8, 4) is 0 Å². The number of benzene rings is 1. The molecule has 19 heavy (non-hydrogen) atoms. The zero-order chi connectivity index (χ0) is 14.3. The fourth-order valence-corrected chi connectivity index (χ4v) is 2.65. The number of aliphatic carboxylic acids is 1. The average Bonchev–Trinajstić information content (AvgIpc) is 2.30. The highest BCUT2D eigenvalue weighted by atomic mass is 19.3. The molecule has 1 saturated carbocycles. The Hall–Kier alpha value is -1.52. The first-order valence-electron chi connectivity index (χ1n) is 6.15. The Balaban J connectivity index is 2.44. The van der Waals surface area contributed by atoms with E-state index in [2.05, 4.69) is 0 Å². The number of aryl methyl sites for hydroxylation is 1. The Morgan fingerprint density at radius 3 is 2.26 bits per heavy atom. The average molecular weight is 272 g/mol. The molecule has 1 fully saturated rings. The number of hydrogen-bond donors (Lipinski definition) is 1. The van der Waals surface area contributed by atoms with Gasteiger partial charge in [-0.05, 0) is 31.4 Å². The van der Waals surface area contributed by atoms with Gasteiger partial charge >= 0.3 is 5.97 Å². The van der Waals surface area contributed by atoms with Crippen LogP contribution in [0, 0.1) is 12.7 Å². The van der Waals surface area contributed by atoms with Gasteiger partial charge in [-0.3, -0.25) is 4.79 Å². The molecule has 0 spiro atoms. The molecule has 0 aliphatic heterocycles. The van der Waals surface area contributed by atoms with Crippen LogP contribution in [0.4, 0.5) is 13.2 Å². The molecule has 104 valence electrons. The van der Waals surface area contributed by atoms with E-state index in [0.717, 1.165) is 0 Å². The smallest absolute Gasteiger partial charge is 0.314 e. The van der Waals surface area contributed by atoms with E-state index in [1.54, 1.807) is 13.0 Å². The molecule has 1 aromatic rings. The molecule has 0 heterocycles. The highest BCUT2D eigenvalue weighted by Gasteiger charge is 2.50. The molecule has 1 aliphatic carbocycles. The summed E-state index contributed by atoms with van der Waals surface area (Å²) in [6, 6.07) is 4.25. The zero-order valence-corrected chi connectivity index (χ0v) is 10.5. The number of carboxylic acids is 1. The molecular weight excluding hydrogens is 257 g/mol. The van der Waals surface area contributed by atoms with Gasteiger partial charge in [0.2, 0.25) is 5.92 Å². The van der Waals surface area contributed by atoms with Crippen LogP contribution >= 0.6 is 0 Å². The van der Waals surface area contributed by atoms with Crippen molar-refractivity contribution in [2.24, 2.45) is 0 Å². The van der Waals surface area contributed by atoms with Gasteiger partial charge < -0.3 is 5.11 Å². The summed E-state index contributed by atoms with van der Waals surface area (Å²) in [6.45, 7) is 1.69. The Bertz CT molecular complexity index is 501. The van der Waals surface area contributed by atoms with Crippen LogP contribution in [-0.4, -0.2) is 17.0 Å². The fourth-order valence-electron chi connectivity index (χ4n) is 2.65. The normalized spacial score (nSPS) is 21.1. The lowest BCUT2D eigenvalue weighted by molar-refractivity contribution is -0.149. The minimum atomic E-state index is -2.85. The Kier molecular flexibility index (Phi) is 3.32. The van der Waals surface area contributed by atoms with Gasteiger partial charge in [0.05, 0.1) is 5.41 Å². The SMILES string of the molecule is Cc1ccc(C2(C(=O)O)CCC(F)(F)CC2)c(F)c1. The topological polar surface area (TPSA) is 37.3 Å². The monoisotopic (exact) mass is 272 g/mol. The third-order valence-electron chi connectivity index (χ3n) is 3.88. The molecular formula is C14H15F3O2. The quantitative estimate of drug-likeness (QED) is 0.892. The summed E-state index contributed by atoms with van der Waals surface area (Å²) < 4.78 is 40.4. The summed E-state index contributed by atoms with van der Waals surface area (Å²) in [7, 11) is 0. The molecule has 2 rings (SSSR count). The Labute approximate surface area is 109 Å². The molecule has 0 bridgehead atoms. The summed E-state index contributed by atoms with van der Waals surface area (Å²) in [5.74, 6) is -4.71. The van der Waals surface area contributed by atoms with E-state index in [1.807, 2.05) is 0 Å². The van der Waals surface area contributed by atoms with Crippen LogP contribution in [0.1, 0.15) is 36.8 Å². The lowest BCUT2D eigenvalue weighted by Gasteiger charge is -2.37. The Morgan fingerprint density at radius 1 is 1.21 bits per heavy atom. The largest absolute Gasteiger partial charge is 0.481 e. The van der Waals surface area contributed by atoms with Crippen LogP contribution in [0.5, 0.6) is 0 Å². The van der Waals surface area contributed by atoms with Gasteiger partial charge in [0, 0.05) is 18.4 Å². The second-order valence-corrected chi connectivity index (χ2v) is 5.23. The first-order valence-corrected chi connectivity index (χ1v) is 6.15. The van der Waals surface area contributed by atoms with Crippen LogP contribution in [0.25, 0.3) is 0 Å². The zero-order valence-electron chi connectivity index (χ0n) is 10.5. The number of rotatable bonds is 2. The van der Waals surface area contributed by atoms with E-state index in [0.29, 0.717) is 5.56 Å². The molecule has 5 heteroatoms. The summed E-state index contributed by atoms with van der Waals surface area (Å²) in [5.41, 5.74) is -0.844. The molecule has 1 N–H and O–H groups in total. The molecule has 1 aromatic carbocycles. The summed E-state index contributed by atoms with van der Waals surface area (Å²) in [6.07, 6.45) is -1.52. The van der Waals surface area contributed by atoms with Crippen LogP contribution in [-0.2, 0) is 10.2 Å². The maximum atomic E-state index is 14.0. The molecule has 1 aliphatic rings. The second kappa shape index (κ2) is 4.54. The van der Waals surface area contributed by atoms with Crippen LogP contribution in [0.2, 0.25) is 0 Å². The third-order valence-corrected chi connectivity index (χ3v) is 3.88. The van der Waals surface area contributed by atoms with E-state index in [1.165, 1.54) is 12.1 Å². The van der Waals surface area contributed by atoms with Gasteiger partial charge in [0.1, 0.15) is 5.82 Å². The maximum Gasteiger partial charge on any atom is 0.314 e. The molecule has 2 nitrogen and oxygen atoms in total. The number of halogens is 3. The van der Waals surface area contributed by atoms with Crippen molar-refractivity contribution < 1.29 is 23.1 Å². The molecule has 0 saturated heterocycles.